The summed E-state index contributed by atoms with van der Waals surface area (Å²) in [6.45, 7) is -0.407. The summed E-state index contributed by atoms with van der Waals surface area (Å²) >= 11 is 6.10. The number of benzene rings is 2. The standard InChI is InChI=1S/C23H17ClF3N5O2/c24-15-2-1-3-17(10-15)32-21-18(11-28-32)20(13-4-5-13)30-31(22(21)34)12-19(33)29-16-8-6-14(7-9-16)23(25,26)27/h1-3,6-11,13H,4-5,12H2,(H,29,33). The number of carbonyl (C=O) groups is 1. The van der Waals surface area contributed by atoms with Crippen LogP contribution in [0.15, 0.2) is 59.5 Å². The van der Waals surface area contributed by atoms with E-state index in [4.69, 9.17) is 11.6 Å². The van der Waals surface area contributed by atoms with Crippen molar-refractivity contribution in [2.24, 2.45) is 0 Å². The van der Waals surface area contributed by atoms with Gasteiger partial charge >= 0.3 is 6.18 Å². The molecule has 0 atom stereocenters. The van der Waals surface area contributed by atoms with E-state index in [1.54, 1.807) is 30.5 Å². The summed E-state index contributed by atoms with van der Waals surface area (Å²) in [5.74, 6) is -0.423. The molecule has 11 heteroatoms. The molecule has 0 spiro atoms. The van der Waals surface area contributed by atoms with Crippen LogP contribution in [0.4, 0.5) is 18.9 Å². The number of halogens is 4. The quantitative estimate of drug-likeness (QED) is 0.439. The lowest BCUT2D eigenvalue weighted by Crippen LogP contribution is -2.31. The first-order chi connectivity index (χ1) is 16.2. The molecule has 4 aromatic rings. The van der Waals surface area contributed by atoms with Crippen molar-refractivity contribution in [3.05, 3.63) is 81.4 Å². The summed E-state index contributed by atoms with van der Waals surface area (Å²) in [5.41, 5.74) is 0.398. The van der Waals surface area contributed by atoms with E-state index < -0.39 is 29.8 Å². The summed E-state index contributed by atoms with van der Waals surface area (Å²) in [7, 11) is 0. The smallest absolute Gasteiger partial charge is 0.324 e. The number of hydrogen-bond acceptors (Lipinski definition) is 4. The fraction of sp³-hybridized carbons (Fsp3) is 0.217. The number of anilines is 1. The number of nitrogens with zero attached hydrogens (tertiary/aromatic N) is 4. The third-order valence-electron chi connectivity index (χ3n) is 5.52. The lowest BCUT2D eigenvalue weighted by atomic mass is 10.2. The second kappa shape index (κ2) is 8.28. The molecule has 2 aromatic heterocycles. The molecule has 0 unspecified atom stereocenters. The Labute approximate surface area is 195 Å². The van der Waals surface area contributed by atoms with E-state index in [-0.39, 0.29) is 17.1 Å². The van der Waals surface area contributed by atoms with E-state index in [0.717, 1.165) is 41.8 Å². The Kier molecular flexibility index (Phi) is 5.40. The summed E-state index contributed by atoms with van der Waals surface area (Å²) in [4.78, 5) is 25.9. The van der Waals surface area contributed by atoms with Gasteiger partial charge in [0.25, 0.3) is 5.56 Å². The van der Waals surface area contributed by atoms with Gasteiger partial charge in [0.15, 0.2) is 0 Å². The molecule has 0 saturated heterocycles. The topological polar surface area (TPSA) is 81.8 Å². The van der Waals surface area contributed by atoms with Crippen molar-refractivity contribution in [1.29, 1.82) is 0 Å². The van der Waals surface area contributed by atoms with Gasteiger partial charge in [0.2, 0.25) is 5.91 Å². The van der Waals surface area contributed by atoms with Gasteiger partial charge in [-0.2, -0.15) is 23.4 Å². The van der Waals surface area contributed by atoms with Crippen LogP contribution in [0.1, 0.15) is 30.0 Å². The molecule has 1 N–H and O–H groups in total. The lowest BCUT2D eigenvalue weighted by Gasteiger charge is -2.11. The fourth-order valence-corrected chi connectivity index (χ4v) is 3.93. The van der Waals surface area contributed by atoms with E-state index >= 15 is 0 Å². The number of hydrogen-bond donors (Lipinski definition) is 1. The molecule has 0 radical (unpaired) electrons. The van der Waals surface area contributed by atoms with Crippen LogP contribution in [-0.2, 0) is 17.5 Å². The number of fused-ring (bicyclic) bond motifs is 1. The minimum absolute atomic E-state index is 0.171. The second-order valence-corrected chi connectivity index (χ2v) is 8.48. The molecular formula is C23H17ClF3N5O2. The minimum atomic E-state index is -4.47. The first kappa shape index (κ1) is 22.1. The van der Waals surface area contributed by atoms with Gasteiger partial charge in [-0.1, -0.05) is 17.7 Å². The maximum Gasteiger partial charge on any atom is 0.416 e. The van der Waals surface area contributed by atoms with Crippen LogP contribution in [0, 0.1) is 0 Å². The highest BCUT2D eigenvalue weighted by atomic mass is 35.5. The third kappa shape index (κ3) is 4.28. The maximum atomic E-state index is 13.3. The van der Waals surface area contributed by atoms with Gasteiger partial charge in [-0.05, 0) is 55.3 Å². The van der Waals surface area contributed by atoms with Crippen LogP contribution in [0.5, 0.6) is 0 Å². The van der Waals surface area contributed by atoms with Crippen molar-refractivity contribution in [2.75, 3.05) is 5.32 Å². The molecule has 1 amide bonds. The Morgan fingerprint density at radius 2 is 1.88 bits per heavy atom. The molecule has 1 aliphatic carbocycles. The van der Waals surface area contributed by atoms with Crippen molar-refractivity contribution < 1.29 is 18.0 Å². The van der Waals surface area contributed by atoms with E-state index in [2.05, 4.69) is 15.5 Å². The maximum absolute atomic E-state index is 13.3. The normalized spacial score (nSPS) is 13.9. The summed E-state index contributed by atoms with van der Waals surface area (Å²) < 4.78 is 40.8. The van der Waals surface area contributed by atoms with Crippen molar-refractivity contribution in [2.45, 2.75) is 31.5 Å². The third-order valence-corrected chi connectivity index (χ3v) is 5.75. The van der Waals surface area contributed by atoms with Crippen LogP contribution in [0.3, 0.4) is 0 Å². The molecule has 0 bridgehead atoms. The van der Waals surface area contributed by atoms with Crippen molar-refractivity contribution >= 4 is 34.1 Å². The van der Waals surface area contributed by atoms with Crippen LogP contribution < -0.4 is 10.9 Å². The zero-order chi connectivity index (χ0) is 24.0. The van der Waals surface area contributed by atoms with Crippen LogP contribution in [0.25, 0.3) is 16.6 Å². The van der Waals surface area contributed by atoms with Gasteiger partial charge in [0.1, 0.15) is 12.1 Å². The second-order valence-electron chi connectivity index (χ2n) is 8.04. The Hall–Kier alpha value is -3.66. The summed E-state index contributed by atoms with van der Waals surface area (Å²) in [5, 5.41) is 12.4. The average molecular weight is 488 g/mol. The monoisotopic (exact) mass is 487 g/mol. The molecular weight excluding hydrogens is 471 g/mol. The highest BCUT2D eigenvalue weighted by Gasteiger charge is 2.31. The highest BCUT2D eigenvalue weighted by Crippen LogP contribution is 2.41. The molecule has 7 nitrogen and oxygen atoms in total. The van der Waals surface area contributed by atoms with Crippen molar-refractivity contribution in [3.8, 4) is 5.69 Å². The fourth-order valence-electron chi connectivity index (χ4n) is 3.74. The SMILES string of the molecule is O=C(Cn1nc(C2CC2)c2cnn(-c3cccc(Cl)c3)c2c1=O)Nc1ccc(C(F)(F)F)cc1. The molecule has 1 fully saturated rings. The first-order valence-corrected chi connectivity index (χ1v) is 10.8. The zero-order valence-electron chi connectivity index (χ0n) is 17.5. The van der Waals surface area contributed by atoms with E-state index in [9.17, 15) is 22.8 Å². The van der Waals surface area contributed by atoms with Crippen molar-refractivity contribution in [1.82, 2.24) is 19.6 Å². The molecule has 1 saturated carbocycles. The van der Waals surface area contributed by atoms with Gasteiger partial charge in [-0.25, -0.2) is 9.36 Å². The average Bonchev–Trinajstić information content (AvgIpc) is 3.53. The summed E-state index contributed by atoms with van der Waals surface area (Å²) in [6, 6.07) is 10.9. The molecule has 174 valence electrons. The lowest BCUT2D eigenvalue weighted by molar-refractivity contribution is -0.137. The van der Waals surface area contributed by atoms with Gasteiger partial charge in [-0.15, -0.1) is 0 Å². The Bertz CT molecular complexity index is 1460. The van der Waals surface area contributed by atoms with Gasteiger partial charge in [-0.3, -0.25) is 9.59 Å². The van der Waals surface area contributed by atoms with E-state index in [1.165, 1.54) is 4.68 Å². The van der Waals surface area contributed by atoms with Crippen LogP contribution in [0.2, 0.25) is 5.02 Å². The molecule has 5 rings (SSSR count). The van der Waals surface area contributed by atoms with Gasteiger partial charge in [0, 0.05) is 22.0 Å². The largest absolute Gasteiger partial charge is 0.416 e. The molecule has 2 aromatic carbocycles. The van der Waals surface area contributed by atoms with Gasteiger partial charge in [0.05, 0.1) is 23.1 Å². The van der Waals surface area contributed by atoms with Crippen LogP contribution in [-0.4, -0.2) is 25.5 Å². The number of amides is 1. The predicted molar refractivity (Wildman–Crippen MR) is 120 cm³/mol. The Balaban J connectivity index is 1.48. The highest BCUT2D eigenvalue weighted by molar-refractivity contribution is 6.30. The predicted octanol–water partition coefficient (Wildman–Crippen LogP) is 4.77. The number of nitrogens with one attached hydrogen (secondary N) is 1. The van der Waals surface area contributed by atoms with Gasteiger partial charge < -0.3 is 5.32 Å². The Morgan fingerprint density at radius 1 is 1.15 bits per heavy atom. The van der Waals surface area contributed by atoms with E-state index in [1.807, 2.05) is 0 Å². The van der Waals surface area contributed by atoms with Crippen LogP contribution >= 0.6 is 11.6 Å². The minimum Gasteiger partial charge on any atom is -0.324 e. The molecule has 34 heavy (non-hydrogen) atoms. The number of aromatic nitrogens is 4. The summed E-state index contributed by atoms with van der Waals surface area (Å²) in [6.07, 6.45) is -1.05. The molecule has 1 aliphatic rings. The number of rotatable bonds is 5. The van der Waals surface area contributed by atoms with Crippen molar-refractivity contribution in [3.63, 3.8) is 0 Å². The number of carbonyl (C=O) groups excluding carboxylic acids is 1. The Morgan fingerprint density at radius 3 is 2.53 bits per heavy atom. The molecule has 0 aliphatic heterocycles. The molecule has 2 heterocycles. The van der Waals surface area contributed by atoms with E-state index in [0.29, 0.717) is 21.8 Å². The number of alkyl halides is 3. The zero-order valence-corrected chi connectivity index (χ0v) is 18.3. The first-order valence-electron chi connectivity index (χ1n) is 10.4.